The molecule has 1 amide bonds. The number of benzene rings is 2. The second-order valence-electron chi connectivity index (χ2n) is 6.55. The maximum atomic E-state index is 12.8. The van der Waals surface area contributed by atoms with E-state index >= 15 is 0 Å². The standard InChI is InChI=1S/C22H22N2O2/c1-15-10-11-17(3)20(13-15)23-21(25)19-9-6-12-24(22(19)26)14-18-8-5-4-7-16(18)2/h4-13H,14H2,1-3H3,(H,23,25). The third-order valence-electron chi connectivity index (χ3n) is 4.51. The van der Waals surface area contributed by atoms with Crippen molar-refractivity contribution in [1.82, 2.24) is 4.57 Å². The molecule has 1 aromatic heterocycles. The van der Waals surface area contributed by atoms with Crippen molar-refractivity contribution in [2.75, 3.05) is 5.32 Å². The second kappa shape index (κ2) is 7.40. The summed E-state index contributed by atoms with van der Waals surface area (Å²) in [6.45, 7) is 6.34. The van der Waals surface area contributed by atoms with Crippen molar-refractivity contribution in [3.8, 4) is 0 Å². The first kappa shape index (κ1) is 17.7. The monoisotopic (exact) mass is 346 g/mol. The molecule has 0 aliphatic heterocycles. The van der Waals surface area contributed by atoms with Gasteiger partial charge in [-0.1, -0.05) is 36.4 Å². The highest BCUT2D eigenvalue weighted by Crippen LogP contribution is 2.17. The SMILES string of the molecule is Cc1ccc(C)c(NC(=O)c2cccn(Cc3ccccc3C)c2=O)c1. The molecule has 0 aliphatic rings. The number of carbonyl (C=O) groups is 1. The lowest BCUT2D eigenvalue weighted by atomic mass is 10.1. The van der Waals surface area contributed by atoms with Crippen molar-refractivity contribution < 1.29 is 4.79 Å². The van der Waals surface area contributed by atoms with E-state index in [1.54, 1.807) is 22.9 Å². The number of aryl methyl sites for hydroxylation is 3. The van der Waals surface area contributed by atoms with E-state index in [9.17, 15) is 9.59 Å². The number of rotatable bonds is 4. The van der Waals surface area contributed by atoms with E-state index in [-0.39, 0.29) is 17.0 Å². The Kier molecular flexibility index (Phi) is 5.03. The number of nitrogens with zero attached hydrogens (tertiary/aromatic N) is 1. The van der Waals surface area contributed by atoms with Gasteiger partial charge in [-0.15, -0.1) is 0 Å². The van der Waals surface area contributed by atoms with Crippen LogP contribution >= 0.6 is 0 Å². The van der Waals surface area contributed by atoms with Gasteiger partial charge in [0.1, 0.15) is 5.56 Å². The number of amides is 1. The molecule has 3 aromatic rings. The molecule has 0 saturated carbocycles. The molecular formula is C22H22N2O2. The third-order valence-corrected chi connectivity index (χ3v) is 4.51. The summed E-state index contributed by atoms with van der Waals surface area (Å²) < 4.78 is 1.57. The van der Waals surface area contributed by atoms with E-state index in [0.717, 1.165) is 27.9 Å². The van der Waals surface area contributed by atoms with Crippen molar-refractivity contribution in [1.29, 1.82) is 0 Å². The Labute approximate surface area is 153 Å². The molecule has 0 saturated heterocycles. The van der Waals surface area contributed by atoms with E-state index in [1.165, 1.54) is 0 Å². The molecule has 1 heterocycles. The van der Waals surface area contributed by atoms with Gasteiger partial charge in [0.25, 0.3) is 11.5 Å². The normalized spacial score (nSPS) is 10.6. The first-order valence-corrected chi connectivity index (χ1v) is 8.58. The minimum absolute atomic E-state index is 0.141. The van der Waals surface area contributed by atoms with Crippen LogP contribution in [0.25, 0.3) is 0 Å². The lowest BCUT2D eigenvalue weighted by molar-refractivity contribution is 0.102. The highest BCUT2D eigenvalue weighted by atomic mass is 16.2. The number of carbonyl (C=O) groups excluding carboxylic acids is 1. The number of nitrogens with one attached hydrogen (secondary N) is 1. The van der Waals surface area contributed by atoms with Crippen LogP contribution in [0, 0.1) is 20.8 Å². The quantitative estimate of drug-likeness (QED) is 0.774. The summed E-state index contributed by atoms with van der Waals surface area (Å²) in [5, 5.41) is 2.86. The van der Waals surface area contributed by atoms with Gasteiger partial charge in [-0.25, -0.2) is 0 Å². The summed E-state index contributed by atoms with van der Waals surface area (Å²) in [5.41, 5.74) is 4.76. The minimum atomic E-state index is -0.386. The fourth-order valence-corrected chi connectivity index (χ4v) is 2.87. The number of aromatic nitrogens is 1. The molecule has 0 fully saturated rings. The Morgan fingerprint density at radius 3 is 2.50 bits per heavy atom. The molecule has 132 valence electrons. The highest BCUT2D eigenvalue weighted by molar-refractivity contribution is 6.04. The van der Waals surface area contributed by atoms with Crippen LogP contribution in [0.4, 0.5) is 5.69 Å². The Balaban J connectivity index is 1.89. The average Bonchev–Trinajstić information content (AvgIpc) is 2.61. The van der Waals surface area contributed by atoms with Crippen LogP contribution in [0.5, 0.6) is 0 Å². The van der Waals surface area contributed by atoms with Crippen LogP contribution in [0.15, 0.2) is 65.6 Å². The van der Waals surface area contributed by atoms with Crippen molar-refractivity contribution >= 4 is 11.6 Å². The van der Waals surface area contributed by atoms with Crippen molar-refractivity contribution in [3.63, 3.8) is 0 Å². The second-order valence-corrected chi connectivity index (χ2v) is 6.55. The van der Waals surface area contributed by atoms with Crippen molar-refractivity contribution in [2.24, 2.45) is 0 Å². The molecule has 0 radical (unpaired) electrons. The molecule has 4 nitrogen and oxygen atoms in total. The number of hydrogen-bond donors (Lipinski definition) is 1. The molecule has 4 heteroatoms. The Morgan fingerprint density at radius 1 is 0.962 bits per heavy atom. The smallest absolute Gasteiger partial charge is 0.263 e. The molecule has 0 unspecified atom stereocenters. The summed E-state index contributed by atoms with van der Waals surface area (Å²) in [6, 6.07) is 17.1. The van der Waals surface area contributed by atoms with Gasteiger partial charge in [0, 0.05) is 11.9 Å². The zero-order chi connectivity index (χ0) is 18.7. The molecule has 0 atom stereocenters. The largest absolute Gasteiger partial charge is 0.322 e. The molecule has 1 N–H and O–H groups in total. The van der Waals surface area contributed by atoms with Gasteiger partial charge in [0.05, 0.1) is 6.54 Å². The third kappa shape index (κ3) is 3.75. The van der Waals surface area contributed by atoms with Crippen LogP contribution in [0.3, 0.4) is 0 Å². The summed E-state index contributed by atoms with van der Waals surface area (Å²) in [6.07, 6.45) is 1.71. The maximum absolute atomic E-state index is 12.8. The molecule has 0 bridgehead atoms. The number of pyridine rings is 1. The Morgan fingerprint density at radius 2 is 1.73 bits per heavy atom. The number of hydrogen-bond acceptors (Lipinski definition) is 2. The summed E-state index contributed by atoms with van der Waals surface area (Å²) >= 11 is 0. The van der Waals surface area contributed by atoms with Gasteiger partial charge >= 0.3 is 0 Å². The predicted octanol–water partition coefficient (Wildman–Crippen LogP) is 4.07. The lowest BCUT2D eigenvalue weighted by Gasteiger charge is -2.12. The molecular weight excluding hydrogens is 324 g/mol. The lowest BCUT2D eigenvalue weighted by Crippen LogP contribution is -2.29. The van der Waals surface area contributed by atoms with E-state index in [1.807, 2.05) is 63.2 Å². The van der Waals surface area contributed by atoms with Gasteiger partial charge in [-0.05, 0) is 61.2 Å². The van der Waals surface area contributed by atoms with E-state index < -0.39 is 0 Å². The van der Waals surface area contributed by atoms with Crippen molar-refractivity contribution in [2.45, 2.75) is 27.3 Å². The van der Waals surface area contributed by atoms with E-state index in [2.05, 4.69) is 5.32 Å². The maximum Gasteiger partial charge on any atom is 0.263 e. The molecule has 0 aliphatic carbocycles. The van der Waals surface area contributed by atoms with Crippen LogP contribution in [0.2, 0.25) is 0 Å². The molecule has 0 spiro atoms. The first-order valence-electron chi connectivity index (χ1n) is 8.58. The highest BCUT2D eigenvalue weighted by Gasteiger charge is 2.14. The predicted molar refractivity (Wildman–Crippen MR) is 105 cm³/mol. The topological polar surface area (TPSA) is 51.1 Å². The summed E-state index contributed by atoms with van der Waals surface area (Å²) in [7, 11) is 0. The fraction of sp³-hybridized carbons (Fsp3) is 0.182. The fourth-order valence-electron chi connectivity index (χ4n) is 2.87. The van der Waals surface area contributed by atoms with Crippen LogP contribution in [0.1, 0.15) is 32.6 Å². The van der Waals surface area contributed by atoms with Crippen molar-refractivity contribution in [3.05, 3.63) is 99.0 Å². The Bertz CT molecular complexity index is 1020. The summed E-state index contributed by atoms with van der Waals surface area (Å²) in [4.78, 5) is 25.4. The number of anilines is 1. The van der Waals surface area contributed by atoms with Gasteiger partial charge in [0.15, 0.2) is 0 Å². The average molecular weight is 346 g/mol. The first-order chi connectivity index (χ1) is 12.5. The van der Waals surface area contributed by atoms with Gasteiger partial charge in [-0.2, -0.15) is 0 Å². The Hall–Kier alpha value is -3.14. The van der Waals surface area contributed by atoms with Gasteiger partial charge < -0.3 is 9.88 Å². The molecule has 3 rings (SSSR count). The zero-order valence-electron chi connectivity index (χ0n) is 15.2. The summed E-state index contributed by atoms with van der Waals surface area (Å²) in [5.74, 6) is -0.386. The minimum Gasteiger partial charge on any atom is -0.322 e. The van der Waals surface area contributed by atoms with Crippen LogP contribution in [-0.4, -0.2) is 10.5 Å². The van der Waals surface area contributed by atoms with Crippen LogP contribution in [-0.2, 0) is 6.54 Å². The molecule has 2 aromatic carbocycles. The van der Waals surface area contributed by atoms with E-state index in [0.29, 0.717) is 6.54 Å². The van der Waals surface area contributed by atoms with E-state index in [4.69, 9.17) is 0 Å². The van der Waals surface area contributed by atoms with Gasteiger partial charge in [-0.3, -0.25) is 9.59 Å². The molecule has 26 heavy (non-hydrogen) atoms. The van der Waals surface area contributed by atoms with Crippen LogP contribution < -0.4 is 10.9 Å². The van der Waals surface area contributed by atoms with Gasteiger partial charge in [0.2, 0.25) is 0 Å². The zero-order valence-corrected chi connectivity index (χ0v) is 15.2.